The van der Waals surface area contributed by atoms with Crippen molar-refractivity contribution in [1.82, 2.24) is 19.5 Å². The second kappa shape index (κ2) is 7.78. The Bertz CT molecular complexity index is 1090. The molecular weight excluding hydrogens is 394 g/mol. The van der Waals surface area contributed by atoms with Crippen molar-refractivity contribution >= 4 is 28.9 Å². The number of hydrogen-bond donors (Lipinski definition) is 3. The van der Waals surface area contributed by atoms with Crippen molar-refractivity contribution in [2.75, 3.05) is 11.9 Å². The monoisotopic (exact) mass is 413 g/mol. The summed E-state index contributed by atoms with van der Waals surface area (Å²) in [4.78, 5) is 36.3. The first-order valence-electron chi connectivity index (χ1n) is 9.13. The number of imidazole rings is 1. The molecule has 3 N–H and O–H groups in total. The van der Waals surface area contributed by atoms with Crippen LogP contribution in [0.25, 0.3) is 11.2 Å². The number of nitrogens with zero attached hydrogens (tertiary/aromatic N) is 4. The number of hydrogen-bond acceptors (Lipinski definition) is 9. The molecule has 0 spiro atoms. The summed E-state index contributed by atoms with van der Waals surface area (Å²) in [5.74, 6) is -2.84. The van der Waals surface area contributed by atoms with Gasteiger partial charge in [-0.25, -0.2) is 15.0 Å². The molecule has 0 bridgehead atoms. The lowest BCUT2D eigenvalue weighted by molar-refractivity contribution is -0.229. The zero-order valence-corrected chi connectivity index (χ0v) is 15.9. The van der Waals surface area contributed by atoms with Crippen LogP contribution in [0, 0.1) is 0 Å². The molecule has 3 aromatic rings. The summed E-state index contributed by atoms with van der Waals surface area (Å²) in [6.45, 7) is 0.599. The Hall–Kier alpha value is -3.41. The van der Waals surface area contributed by atoms with Crippen molar-refractivity contribution in [2.45, 2.75) is 31.5 Å². The Morgan fingerprint density at radius 3 is 2.77 bits per heavy atom. The Labute approximate surface area is 170 Å². The molecule has 1 fully saturated rings. The van der Waals surface area contributed by atoms with E-state index in [1.165, 1.54) is 17.2 Å². The number of aliphatic hydroxyl groups is 2. The first kappa shape index (κ1) is 19.9. The summed E-state index contributed by atoms with van der Waals surface area (Å²) in [7, 11) is 0. The summed E-state index contributed by atoms with van der Waals surface area (Å²) < 4.78 is 12.2. The van der Waals surface area contributed by atoms with Gasteiger partial charge in [0.25, 0.3) is 5.91 Å². The fourth-order valence-electron chi connectivity index (χ4n) is 3.35. The summed E-state index contributed by atoms with van der Waals surface area (Å²) in [5.41, 5.74) is 1.11. The van der Waals surface area contributed by atoms with Crippen LogP contribution in [-0.4, -0.2) is 60.1 Å². The van der Waals surface area contributed by atoms with Crippen LogP contribution < -0.4 is 5.32 Å². The van der Waals surface area contributed by atoms with Crippen LogP contribution in [0.1, 0.15) is 29.9 Å². The zero-order chi connectivity index (χ0) is 21.3. The number of nitrogens with one attached hydrogen (secondary N) is 1. The van der Waals surface area contributed by atoms with Crippen molar-refractivity contribution in [3.05, 3.63) is 48.5 Å². The van der Waals surface area contributed by atoms with Crippen LogP contribution in [0.15, 0.2) is 43.0 Å². The molecule has 0 unspecified atom stereocenters. The van der Waals surface area contributed by atoms with E-state index in [0.29, 0.717) is 16.7 Å². The van der Waals surface area contributed by atoms with Gasteiger partial charge >= 0.3 is 5.97 Å². The maximum Gasteiger partial charge on any atom is 0.305 e. The van der Waals surface area contributed by atoms with Crippen molar-refractivity contribution in [3.63, 3.8) is 0 Å². The number of aliphatic hydroxyl groups excluding tert-OH is 1. The van der Waals surface area contributed by atoms with Crippen molar-refractivity contribution in [3.8, 4) is 0 Å². The fourth-order valence-corrected chi connectivity index (χ4v) is 3.35. The molecular formula is C19H19N5O6. The standard InChI is InChI=1S/C19H19N5O6/c1-11(26)30-19(28)7-14(29-13(19)8-25)24-10-22-15-16(20-9-21-17(15)24)23-18(27)12-5-3-2-4-6-12/h2-6,9-10,13-14,25,28H,7-8H2,1H3,(H,20,21,23,27)/t13-,14-,19-/m1/s1. The van der Waals surface area contributed by atoms with Crippen LogP contribution >= 0.6 is 0 Å². The van der Waals surface area contributed by atoms with Gasteiger partial charge in [-0.05, 0) is 12.1 Å². The van der Waals surface area contributed by atoms with Gasteiger partial charge in [0.15, 0.2) is 17.0 Å². The minimum absolute atomic E-state index is 0.140. The maximum atomic E-state index is 12.5. The highest BCUT2D eigenvalue weighted by Crippen LogP contribution is 2.39. The first-order chi connectivity index (χ1) is 14.4. The van der Waals surface area contributed by atoms with Crippen molar-refractivity contribution in [2.24, 2.45) is 0 Å². The van der Waals surface area contributed by atoms with Gasteiger partial charge in [-0.2, -0.15) is 0 Å². The minimum Gasteiger partial charge on any atom is -0.430 e. The molecule has 1 aliphatic heterocycles. The number of carbonyl (C=O) groups excluding carboxylic acids is 2. The van der Waals surface area contributed by atoms with E-state index in [2.05, 4.69) is 20.3 Å². The van der Waals surface area contributed by atoms with Gasteiger partial charge < -0.3 is 25.0 Å². The van der Waals surface area contributed by atoms with Gasteiger partial charge in [0.1, 0.15) is 18.7 Å². The molecule has 1 amide bonds. The molecule has 3 atom stereocenters. The Morgan fingerprint density at radius 2 is 2.07 bits per heavy atom. The molecule has 3 heterocycles. The average molecular weight is 413 g/mol. The highest BCUT2D eigenvalue weighted by atomic mass is 16.7. The van der Waals surface area contributed by atoms with Crippen LogP contribution in [-0.2, 0) is 14.3 Å². The fraction of sp³-hybridized carbons (Fsp3) is 0.316. The summed E-state index contributed by atoms with van der Waals surface area (Å²) in [6.07, 6.45) is 0.583. The Kier molecular flexibility index (Phi) is 5.16. The average Bonchev–Trinajstić information content (AvgIpc) is 3.29. The lowest BCUT2D eigenvalue weighted by atomic mass is 10.1. The van der Waals surface area contributed by atoms with E-state index in [9.17, 15) is 19.8 Å². The third kappa shape index (κ3) is 3.61. The lowest BCUT2D eigenvalue weighted by Gasteiger charge is -2.25. The molecule has 0 saturated carbocycles. The molecule has 0 radical (unpaired) electrons. The van der Waals surface area contributed by atoms with Gasteiger partial charge in [0.05, 0.1) is 19.4 Å². The molecule has 0 aliphatic carbocycles. The zero-order valence-electron chi connectivity index (χ0n) is 15.9. The molecule has 156 valence electrons. The van der Waals surface area contributed by atoms with E-state index in [0.717, 1.165) is 6.92 Å². The van der Waals surface area contributed by atoms with Gasteiger partial charge in [0, 0.05) is 12.5 Å². The number of amides is 1. The van der Waals surface area contributed by atoms with E-state index in [1.54, 1.807) is 30.3 Å². The van der Waals surface area contributed by atoms with E-state index >= 15 is 0 Å². The Balaban J connectivity index is 1.62. The van der Waals surface area contributed by atoms with Crippen LogP contribution in [0.2, 0.25) is 0 Å². The molecule has 11 heteroatoms. The van der Waals surface area contributed by atoms with Gasteiger partial charge in [-0.3, -0.25) is 14.2 Å². The molecule has 4 rings (SSSR count). The smallest absolute Gasteiger partial charge is 0.305 e. The second-order valence-corrected chi connectivity index (χ2v) is 6.77. The largest absolute Gasteiger partial charge is 0.430 e. The summed E-state index contributed by atoms with van der Waals surface area (Å²) in [5, 5.41) is 22.8. The first-order valence-corrected chi connectivity index (χ1v) is 9.13. The Morgan fingerprint density at radius 1 is 1.30 bits per heavy atom. The molecule has 2 aromatic heterocycles. The van der Waals surface area contributed by atoms with Crippen LogP contribution in [0.4, 0.5) is 5.82 Å². The van der Waals surface area contributed by atoms with Gasteiger partial charge in [-0.15, -0.1) is 0 Å². The number of ether oxygens (including phenoxy) is 2. The molecule has 1 aromatic carbocycles. The van der Waals surface area contributed by atoms with Crippen molar-refractivity contribution < 1.29 is 29.3 Å². The minimum atomic E-state index is -1.99. The molecule has 1 saturated heterocycles. The molecule has 30 heavy (non-hydrogen) atoms. The van der Waals surface area contributed by atoms with Crippen LogP contribution in [0.3, 0.4) is 0 Å². The third-order valence-electron chi connectivity index (χ3n) is 4.71. The molecule has 1 aliphatic rings. The predicted molar refractivity (Wildman–Crippen MR) is 102 cm³/mol. The highest BCUT2D eigenvalue weighted by molar-refractivity contribution is 6.06. The number of esters is 1. The normalized spacial score (nSPS) is 23.4. The number of carbonyl (C=O) groups is 2. The SMILES string of the molecule is CC(=O)O[C@]1(O)C[C@H](n2cnc3c(NC(=O)c4ccccc4)ncnc32)O[C@@H]1CO. The highest BCUT2D eigenvalue weighted by Gasteiger charge is 2.51. The predicted octanol–water partition coefficient (Wildman–Crippen LogP) is 0.610. The topological polar surface area (TPSA) is 149 Å². The number of fused-ring (bicyclic) bond motifs is 1. The maximum absolute atomic E-state index is 12.5. The van der Waals surface area contributed by atoms with Crippen molar-refractivity contribution in [1.29, 1.82) is 0 Å². The summed E-state index contributed by atoms with van der Waals surface area (Å²) in [6, 6.07) is 8.64. The quantitative estimate of drug-likeness (QED) is 0.404. The van der Waals surface area contributed by atoms with Gasteiger partial charge in [-0.1, -0.05) is 18.2 Å². The van der Waals surface area contributed by atoms with Gasteiger partial charge in [0.2, 0.25) is 5.79 Å². The number of anilines is 1. The third-order valence-corrected chi connectivity index (χ3v) is 4.71. The van der Waals surface area contributed by atoms with E-state index < -0.39 is 30.7 Å². The van der Waals surface area contributed by atoms with E-state index in [-0.39, 0.29) is 18.1 Å². The lowest BCUT2D eigenvalue weighted by Crippen LogP contribution is -2.44. The molecule has 11 nitrogen and oxygen atoms in total. The van der Waals surface area contributed by atoms with E-state index in [4.69, 9.17) is 9.47 Å². The number of rotatable bonds is 5. The van der Waals surface area contributed by atoms with Crippen LogP contribution in [0.5, 0.6) is 0 Å². The number of aromatic nitrogens is 4. The van der Waals surface area contributed by atoms with E-state index in [1.807, 2.05) is 0 Å². The number of benzene rings is 1. The summed E-state index contributed by atoms with van der Waals surface area (Å²) >= 11 is 0. The second-order valence-electron chi connectivity index (χ2n) is 6.77.